The Morgan fingerprint density at radius 1 is 1.00 bits per heavy atom. The lowest BCUT2D eigenvalue weighted by Gasteiger charge is -2.43. The Bertz CT molecular complexity index is 1480. The number of ether oxygens (including phenoxy) is 2. The zero-order valence-electron chi connectivity index (χ0n) is 22.9. The summed E-state index contributed by atoms with van der Waals surface area (Å²) >= 11 is 6.61. The first-order valence-corrected chi connectivity index (χ1v) is 13.2. The van der Waals surface area contributed by atoms with Crippen LogP contribution in [0.3, 0.4) is 0 Å². The summed E-state index contributed by atoms with van der Waals surface area (Å²) in [6.45, 7) is 4.40. The van der Waals surface area contributed by atoms with E-state index in [9.17, 15) is 35.9 Å². The molecule has 0 spiro atoms. The number of amides is 2. The number of anilines is 1. The van der Waals surface area contributed by atoms with Gasteiger partial charge in [-0.15, -0.1) is 0 Å². The van der Waals surface area contributed by atoms with Crippen LogP contribution in [-0.4, -0.2) is 36.3 Å². The van der Waals surface area contributed by atoms with Gasteiger partial charge in [-0.25, -0.2) is 9.59 Å². The minimum atomic E-state index is -5.07. The molecule has 1 aliphatic rings. The number of hydrogen-bond donors (Lipinski definition) is 0. The third-order valence-electron chi connectivity index (χ3n) is 6.92. The number of benzene rings is 3. The van der Waals surface area contributed by atoms with Crippen LogP contribution in [0, 0.1) is 0 Å². The molecular weight excluding hydrogens is 590 g/mol. The maximum absolute atomic E-state index is 13.6. The molecule has 2 amide bonds. The average Bonchev–Trinajstić information content (AvgIpc) is 2.90. The van der Waals surface area contributed by atoms with Crippen molar-refractivity contribution in [2.75, 3.05) is 12.0 Å². The van der Waals surface area contributed by atoms with Crippen molar-refractivity contribution in [1.82, 2.24) is 4.90 Å². The van der Waals surface area contributed by atoms with Crippen molar-refractivity contribution in [2.45, 2.75) is 64.3 Å². The molecule has 42 heavy (non-hydrogen) atoms. The fraction of sp³-hybridized carbons (Fsp3) is 0.379. The number of carbonyl (C=O) groups is 2. The Morgan fingerprint density at radius 3 is 2.10 bits per heavy atom. The van der Waals surface area contributed by atoms with Crippen molar-refractivity contribution >= 4 is 40.2 Å². The van der Waals surface area contributed by atoms with Crippen LogP contribution in [0.1, 0.15) is 55.5 Å². The van der Waals surface area contributed by atoms with Gasteiger partial charge in [-0.3, -0.25) is 9.80 Å². The van der Waals surface area contributed by atoms with Crippen molar-refractivity contribution in [3.63, 3.8) is 0 Å². The third kappa shape index (κ3) is 6.23. The monoisotopic (exact) mass is 616 g/mol. The first kappa shape index (κ1) is 31.3. The summed E-state index contributed by atoms with van der Waals surface area (Å²) in [4.78, 5) is 28.9. The molecule has 0 bridgehead atoms. The lowest BCUT2D eigenvalue weighted by molar-refractivity contribution is -0.143. The number of rotatable bonds is 4. The Balaban J connectivity index is 1.91. The first-order valence-electron chi connectivity index (χ1n) is 12.9. The fourth-order valence-corrected chi connectivity index (χ4v) is 5.47. The van der Waals surface area contributed by atoms with E-state index in [1.165, 1.54) is 11.0 Å². The second-order valence-corrected chi connectivity index (χ2v) is 10.7. The maximum atomic E-state index is 13.6. The predicted molar refractivity (Wildman–Crippen MR) is 144 cm³/mol. The maximum Gasteiger partial charge on any atom is 0.416 e. The smallest absolute Gasteiger partial charge is 0.416 e. The van der Waals surface area contributed by atoms with Crippen molar-refractivity contribution in [2.24, 2.45) is 0 Å². The number of nitrogens with zero attached hydrogens (tertiary/aromatic N) is 2. The highest BCUT2D eigenvalue weighted by Crippen LogP contribution is 2.47. The van der Waals surface area contributed by atoms with E-state index < -0.39 is 66.0 Å². The lowest BCUT2D eigenvalue weighted by atomic mass is 9.87. The van der Waals surface area contributed by atoms with Gasteiger partial charge in [0.1, 0.15) is 0 Å². The summed E-state index contributed by atoms with van der Waals surface area (Å²) in [7, 11) is 1.05. The summed E-state index contributed by atoms with van der Waals surface area (Å²) in [5.74, 6) is 0. The summed E-state index contributed by atoms with van der Waals surface area (Å²) in [5.41, 5.74) is -2.72. The van der Waals surface area contributed by atoms with E-state index >= 15 is 0 Å². The van der Waals surface area contributed by atoms with Crippen LogP contribution < -0.4 is 4.90 Å². The quantitative estimate of drug-likeness (QED) is 0.275. The molecule has 0 fully saturated rings. The van der Waals surface area contributed by atoms with Gasteiger partial charge in [0.05, 0.1) is 36.1 Å². The molecule has 6 nitrogen and oxygen atoms in total. The normalized spacial score (nSPS) is 17.3. The highest BCUT2D eigenvalue weighted by molar-refractivity contribution is 6.36. The largest absolute Gasteiger partial charge is 0.453 e. The number of hydrogen-bond acceptors (Lipinski definition) is 4. The van der Waals surface area contributed by atoms with Crippen molar-refractivity contribution in [3.8, 4) is 0 Å². The molecule has 0 radical (unpaired) electrons. The van der Waals surface area contributed by atoms with Gasteiger partial charge in [-0.05, 0) is 57.0 Å². The minimum Gasteiger partial charge on any atom is -0.453 e. The van der Waals surface area contributed by atoms with Crippen molar-refractivity contribution < 1.29 is 45.4 Å². The SMILES string of the molecule is COC(=O)N(Cc1cc(C(F)(F)F)cc(C(F)(F)F)c1)C1CC(C)N(C(=O)OC(C)C)c2c1cc(Cl)c1ccccc21. The van der Waals surface area contributed by atoms with E-state index in [0.717, 1.165) is 12.0 Å². The van der Waals surface area contributed by atoms with Crippen molar-refractivity contribution in [3.05, 3.63) is 75.8 Å². The number of fused-ring (bicyclic) bond motifs is 3. The summed E-state index contributed by atoms with van der Waals surface area (Å²) in [5, 5.41) is 1.40. The molecule has 0 saturated heterocycles. The van der Waals surface area contributed by atoms with E-state index in [2.05, 4.69) is 0 Å². The topological polar surface area (TPSA) is 59.1 Å². The van der Waals surface area contributed by atoms with Crippen LogP contribution in [0.15, 0.2) is 48.5 Å². The minimum absolute atomic E-state index is 0.0219. The van der Waals surface area contributed by atoms with Gasteiger partial charge in [-0.1, -0.05) is 35.9 Å². The van der Waals surface area contributed by atoms with Gasteiger partial charge in [0.2, 0.25) is 0 Å². The second kappa shape index (κ2) is 11.5. The Labute approximate surface area is 242 Å². The van der Waals surface area contributed by atoms with E-state index in [-0.39, 0.29) is 17.5 Å². The van der Waals surface area contributed by atoms with Gasteiger partial charge in [-0.2, -0.15) is 26.3 Å². The highest BCUT2D eigenvalue weighted by atomic mass is 35.5. The molecule has 3 aromatic rings. The summed E-state index contributed by atoms with van der Waals surface area (Å²) in [6.07, 6.45) is -12.2. The van der Waals surface area contributed by atoms with E-state index in [1.807, 2.05) is 0 Å². The average molecular weight is 617 g/mol. The van der Waals surface area contributed by atoms with Gasteiger partial charge in [0.25, 0.3) is 0 Å². The van der Waals surface area contributed by atoms with Crippen LogP contribution in [0.25, 0.3) is 10.8 Å². The first-order chi connectivity index (χ1) is 19.5. The molecule has 0 aromatic heterocycles. The molecule has 2 atom stereocenters. The molecule has 1 aliphatic heterocycles. The Morgan fingerprint density at radius 2 is 1.57 bits per heavy atom. The van der Waals surface area contributed by atoms with Crippen LogP contribution in [0.5, 0.6) is 0 Å². The molecule has 0 saturated carbocycles. The molecule has 13 heteroatoms. The molecule has 2 unspecified atom stereocenters. The van der Waals surface area contributed by atoms with E-state index in [1.54, 1.807) is 45.0 Å². The van der Waals surface area contributed by atoms with E-state index in [4.69, 9.17) is 21.1 Å². The Kier molecular flexibility index (Phi) is 8.59. The molecule has 0 N–H and O–H groups in total. The van der Waals surface area contributed by atoms with Gasteiger partial charge in [0, 0.05) is 33.9 Å². The lowest BCUT2D eigenvalue weighted by Crippen LogP contribution is -2.48. The summed E-state index contributed by atoms with van der Waals surface area (Å²) < 4.78 is 91.8. The third-order valence-corrected chi connectivity index (χ3v) is 7.23. The van der Waals surface area contributed by atoms with Crippen LogP contribution in [-0.2, 0) is 28.4 Å². The van der Waals surface area contributed by atoms with E-state index in [0.29, 0.717) is 34.2 Å². The number of methoxy groups -OCH3 is 1. The molecule has 4 rings (SSSR count). The summed E-state index contributed by atoms with van der Waals surface area (Å²) in [6, 6.07) is 8.05. The van der Waals surface area contributed by atoms with Gasteiger partial charge < -0.3 is 9.47 Å². The van der Waals surface area contributed by atoms with Crippen molar-refractivity contribution in [1.29, 1.82) is 0 Å². The zero-order valence-corrected chi connectivity index (χ0v) is 23.7. The molecule has 3 aromatic carbocycles. The number of halogens is 7. The number of alkyl halides is 6. The van der Waals surface area contributed by atoms with Crippen LogP contribution >= 0.6 is 11.6 Å². The van der Waals surface area contributed by atoms with Gasteiger partial charge in [0.15, 0.2) is 0 Å². The highest BCUT2D eigenvalue weighted by Gasteiger charge is 2.42. The standard InChI is InChI=1S/C29H27ClF6N2O4/c1-15(2)42-27(40)38-16(3)9-24(22-13-23(30)20-7-5-6-8-21(20)25(22)38)37(26(39)41-4)14-17-10-18(28(31,32)33)12-19(11-17)29(34,35)36/h5-8,10-13,15-16,24H,9,14H2,1-4H3. The molecule has 1 heterocycles. The zero-order chi connectivity index (χ0) is 31.1. The van der Waals surface area contributed by atoms with Crippen LogP contribution in [0.2, 0.25) is 5.02 Å². The number of carbonyl (C=O) groups excluding carboxylic acids is 2. The fourth-order valence-electron chi connectivity index (χ4n) is 5.19. The van der Waals surface area contributed by atoms with Crippen LogP contribution in [0.4, 0.5) is 41.6 Å². The molecular formula is C29H27ClF6N2O4. The van der Waals surface area contributed by atoms with Gasteiger partial charge >= 0.3 is 24.5 Å². The molecule has 226 valence electrons. The second-order valence-electron chi connectivity index (χ2n) is 10.3. The Hall–Kier alpha value is -3.67. The molecule has 0 aliphatic carbocycles. The predicted octanol–water partition coefficient (Wildman–Crippen LogP) is 8.98.